The van der Waals surface area contributed by atoms with Gasteiger partial charge in [-0.25, -0.2) is 4.79 Å². The molecule has 3 nitrogen and oxygen atoms in total. The Bertz CT molecular complexity index is 880. The molecule has 1 N–H and O–H groups in total. The number of nitrogens with one attached hydrogen (secondary N) is 1. The van der Waals surface area contributed by atoms with Gasteiger partial charge in [0.25, 0.3) is 0 Å². The lowest BCUT2D eigenvalue weighted by atomic mass is 10.1. The standard InChI is InChI=1S/C14H8ClF3N2O/c15-9-5-3-7-11-12(9)19-13(21)20(11)10-6-2-1-4-8(10)14(16,17)18/h1-7H,(H,19,21). The molecule has 0 aliphatic carbocycles. The van der Waals surface area contributed by atoms with Gasteiger partial charge in [-0.05, 0) is 24.3 Å². The van der Waals surface area contributed by atoms with E-state index in [1.165, 1.54) is 24.3 Å². The molecule has 1 aromatic heterocycles. The largest absolute Gasteiger partial charge is 0.418 e. The van der Waals surface area contributed by atoms with E-state index in [0.717, 1.165) is 10.6 Å². The van der Waals surface area contributed by atoms with Crippen molar-refractivity contribution in [3.05, 3.63) is 63.5 Å². The molecule has 2 aromatic carbocycles. The molecule has 0 fully saturated rings. The topological polar surface area (TPSA) is 37.8 Å². The van der Waals surface area contributed by atoms with E-state index in [4.69, 9.17) is 11.6 Å². The molecule has 3 aromatic rings. The Morgan fingerprint density at radius 1 is 1.05 bits per heavy atom. The maximum absolute atomic E-state index is 13.1. The molecule has 0 aliphatic heterocycles. The van der Waals surface area contributed by atoms with Crippen LogP contribution in [0.5, 0.6) is 0 Å². The second kappa shape index (κ2) is 4.66. The van der Waals surface area contributed by atoms with Crippen molar-refractivity contribution in [2.24, 2.45) is 0 Å². The highest BCUT2D eigenvalue weighted by molar-refractivity contribution is 6.34. The van der Waals surface area contributed by atoms with E-state index in [2.05, 4.69) is 4.98 Å². The van der Waals surface area contributed by atoms with Crippen LogP contribution in [0.2, 0.25) is 5.02 Å². The average molecular weight is 313 g/mol. The molecule has 7 heteroatoms. The van der Waals surface area contributed by atoms with Crippen LogP contribution >= 0.6 is 11.6 Å². The molecule has 108 valence electrons. The minimum absolute atomic E-state index is 0.233. The Morgan fingerprint density at radius 2 is 1.76 bits per heavy atom. The predicted octanol–water partition coefficient (Wildman–Crippen LogP) is 3.99. The van der Waals surface area contributed by atoms with E-state index >= 15 is 0 Å². The molecular weight excluding hydrogens is 305 g/mol. The first kappa shape index (κ1) is 13.8. The molecule has 0 bridgehead atoms. The van der Waals surface area contributed by atoms with E-state index < -0.39 is 17.4 Å². The van der Waals surface area contributed by atoms with Crippen LogP contribution in [0, 0.1) is 0 Å². The molecule has 0 radical (unpaired) electrons. The summed E-state index contributed by atoms with van der Waals surface area (Å²) < 4.78 is 40.3. The summed E-state index contributed by atoms with van der Waals surface area (Å²) in [5.74, 6) is 0. The Kier molecular flexibility index (Phi) is 3.06. The molecule has 0 atom stereocenters. The molecule has 0 aliphatic rings. The third-order valence-electron chi connectivity index (χ3n) is 3.12. The van der Waals surface area contributed by atoms with Crippen LogP contribution in [0.25, 0.3) is 16.7 Å². The number of hydrogen-bond acceptors (Lipinski definition) is 1. The summed E-state index contributed by atoms with van der Waals surface area (Å²) >= 11 is 5.95. The fraction of sp³-hybridized carbons (Fsp3) is 0.0714. The molecule has 0 amide bonds. The summed E-state index contributed by atoms with van der Waals surface area (Å²) in [6.07, 6.45) is -4.56. The summed E-state index contributed by atoms with van der Waals surface area (Å²) in [5, 5.41) is 0.271. The number of H-pyrrole nitrogens is 1. The van der Waals surface area contributed by atoms with E-state index in [1.54, 1.807) is 12.1 Å². The van der Waals surface area contributed by atoms with Crippen LogP contribution in [0.15, 0.2) is 47.3 Å². The van der Waals surface area contributed by atoms with Crippen molar-refractivity contribution in [3.8, 4) is 5.69 Å². The van der Waals surface area contributed by atoms with Gasteiger partial charge in [-0.1, -0.05) is 29.8 Å². The molecule has 3 rings (SSSR count). The van der Waals surface area contributed by atoms with Crippen molar-refractivity contribution in [1.82, 2.24) is 9.55 Å². The molecule has 21 heavy (non-hydrogen) atoms. The number of halogens is 4. The van der Waals surface area contributed by atoms with Gasteiger partial charge in [0, 0.05) is 0 Å². The Morgan fingerprint density at radius 3 is 2.48 bits per heavy atom. The normalized spacial score (nSPS) is 12.0. The number of nitrogens with zero attached hydrogens (tertiary/aromatic N) is 1. The van der Waals surface area contributed by atoms with Crippen molar-refractivity contribution in [1.29, 1.82) is 0 Å². The highest BCUT2D eigenvalue weighted by atomic mass is 35.5. The van der Waals surface area contributed by atoms with Crippen molar-refractivity contribution < 1.29 is 13.2 Å². The van der Waals surface area contributed by atoms with E-state index in [9.17, 15) is 18.0 Å². The SMILES string of the molecule is O=c1[nH]c2c(Cl)cccc2n1-c1ccccc1C(F)(F)F. The van der Waals surface area contributed by atoms with Crippen LogP contribution in [0.4, 0.5) is 13.2 Å². The number of para-hydroxylation sites is 2. The lowest BCUT2D eigenvalue weighted by Crippen LogP contribution is -2.19. The first-order valence-electron chi connectivity index (χ1n) is 5.95. The lowest BCUT2D eigenvalue weighted by molar-refractivity contribution is -0.137. The predicted molar refractivity (Wildman–Crippen MR) is 73.9 cm³/mol. The molecule has 0 unspecified atom stereocenters. The maximum Gasteiger partial charge on any atom is 0.418 e. The third-order valence-corrected chi connectivity index (χ3v) is 3.43. The van der Waals surface area contributed by atoms with E-state index in [-0.39, 0.29) is 10.7 Å². The number of rotatable bonds is 1. The van der Waals surface area contributed by atoms with Crippen LogP contribution < -0.4 is 5.69 Å². The Balaban J connectivity index is 2.40. The first-order chi connectivity index (χ1) is 9.89. The summed E-state index contributed by atoms with van der Waals surface area (Å²) in [7, 11) is 0. The summed E-state index contributed by atoms with van der Waals surface area (Å²) in [5.41, 5.74) is -1.18. The van der Waals surface area contributed by atoms with Gasteiger partial charge in [0.1, 0.15) is 0 Å². The van der Waals surface area contributed by atoms with Crippen LogP contribution in [0.1, 0.15) is 5.56 Å². The van der Waals surface area contributed by atoms with E-state index in [0.29, 0.717) is 11.0 Å². The first-order valence-corrected chi connectivity index (χ1v) is 6.33. The van der Waals surface area contributed by atoms with Gasteiger partial charge in [-0.3, -0.25) is 4.57 Å². The number of benzene rings is 2. The van der Waals surface area contributed by atoms with Gasteiger partial charge in [0.15, 0.2) is 0 Å². The molecule has 0 spiro atoms. The number of fused-ring (bicyclic) bond motifs is 1. The minimum atomic E-state index is -4.56. The lowest BCUT2D eigenvalue weighted by Gasteiger charge is -2.13. The molecule has 0 saturated heterocycles. The van der Waals surface area contributed by atoms with Gasteiger partial charge in [0.05, 0.1) is 27.3 Å². The second-order valence-corrected chi connectivity index (χ2v) is 4.82. The number of aromatic nitrogens is 2. The van der Waals surface area contributed by atoms with Crippen LogP contribution in [-0.4, -0.2) is 9.55 Å². The van der Waals surface area contributed by atoms with Crippen molar-refractivity contribution in [3.63, 3.8) is 0 Å². The monoisotopic (exact) mass is 312 g/mol. The van der Waals surface area contributed by atoms with Crippen molar-refractivity contribution in [2.45, 2.75) is 6.18 Å². The second-order valence-electron chi connectivity index (χ2n) is 4.41. The van der Waals surface area contributed by atoms with Gasteiger partial charge >= 0.3 is 11.9 Å². The molecule has 0 saturated carbocycles. The quantitative estimate of drug-likeness (QED) is 0.725. The number of aromatic amines is 1. The maximum atomic E-state index is 13.1. The van der Waals surface area contributed by atoms with Gasteiger partial charge in [-0.15, -0.1) is 0 Å². The number of imidazole rings is 1. The number of alkyl halides is 3. The zero-order valence-electron chi connectivity index (χ0n) is 10.4. The summed E-state index contributed by atoms with van der Waals surface area (Å²) in [6.45, 7) is 0. The average Bonchev–Trinajstić information content (AvgIpc) is 2.75. The zero-order valence-corrected chi connectivity index (χ0v) is 11.2. The highest BCUT2D eigenvalue weighted by Gasteiger charge is 2.34. The zero-order chi connectivity index (χ0) is 15.2. The highest BCUT2D eigenvalue weighted by Crippen LogP contribution is 2.34. The molecular formula is C14H8ClF3N2O. The van der Waals surface area contributed by atoms with Crippen molar-refractivity contribution >= 4 is 22.6 Å². The Labute approximate surface area is 121 Å². The van der Waals surface area contributed by atoms with Crippen LogP contribution in [-0.2, 0) is 6.18 Å². The van der Waals surface area contributed by atoms with Crippen LogP contribution in [0.3, 0.4) is 0 Å². The van der Waals surface area contributed by atoms with E-state index in [1.807, 2.05) is 0 Å². The Hall–Kier alpha value is -2.21. The molecule has 1 heterocycles. The van der Waals surface area contributed by atoms with Gasteiger partial charge < -0.3 is 4.98 Å². The fourth-order valence-corrected chi connectivity index (χ4v) is 2.46. The number of hydrogen-bond donors (Lipinski definition) is 1. The van der Waals surface area contributed by atoms with Gasteiger partial charge in [-0.2, -0.15) is 13.2 Å². The summed E-state index contributed by atoms with van der Waals surface area (Å²) in [4.78, 5) is 14.5. The smallest absolute Gasteiger partial charge is 0.304 e. The summed E-state index contributed by atoms with van der Waals surface area (Å²) in [6, 6.07) is 9.57. The van der Waals surface area contributed by atoms with Gasteiger partial charge in [0.2, 0.25) is 0 Å². The fourth-order valence-electron chi connectivity index (χ4n) is 2.24. The third kappa shape index (κ3) is 2.21. The minimum Gasteiger partial charge on any atom is -0.304 e. The van der Waals surface area contributed by atoms with Crippen molar-refractivity contribution in [2.75, 3.05) is 0 Å².